The number of benzene rings is 1. The number of carbonyl (C=O) groups is 4. The van der Waals surface area contributed by atoms with Crippen LogP contribution in [0.4, 0.5) is 4.79 Å². The number of para-hydroxylation sites is 1. The van der Waals surface area contributed by atoms with E-state index in [9.17, 15) is 24.3 Å². The van der Waals surface area contributed by atoms with Gasteiger partial charge in [0.1, 0.15) is 30.0 Å². The Morgan fingerprint density at radius 2 is 1.70 bits per heavy atom. The number of esters is 1. The number of alkyl carbamates (subject to hydrolysis) is 1. The van der Waals surface area contributed by atoms with Gasteiger partial charge in [0, 0.05) is 12.1 Å². The molecule has 2 unspecified atom stereocenters. The first-order valence-corrected chi connectivity index (χ1v) is 14.1. The number of amides is 3. The van der Waals surface area contributed by atoms with Gasteiger partial charge in [-0.3, -0.25) is 14.4 Å². The Morgan fingerprint density at radius 1 is 1.05 bits per heavy atom. The Balaban J connectivity index is 3.56. The lowest BCUT2D eigenvalue weighted by atomic mass is 9.97. The fourth-order valence-corrected chi connectivity index (χ4v) is 4.28. The summed E-state index contributed by atoms with van der Waals surface area (Å²) in [4.78, 5) is 53.8. The normalized spacial score (nSPS) is 12.8. The van der Waals surface area contributed by atoms with Crippen molar-refractivity contribution in [3.63, 3.8) is 0 Å². The van der Waals surface area contributed by atoms with Gasteiger partial charge in [-0.15, -0.1) is 0 Å². The third-order valence-corrected chi connectivity index (χ3v) is 6.24. The van der Waals surface area contributed by atoms with Crippen molar-refractivity contribution in [2.75, 3.05) is 20.2 Å². The lowest BCUT2D eigenvalue weighted by molar-refractivity contribution is -0.145. The molecule has 10 nitrogen and oxygen atoms in total. The van der Waals surface area contributed by atoms with Crippen LogP contribution in [0, 0.1) is 12.8 Å². The van der Waals surface area contributed by atoms with Crippen molar-refractivity contribution >= 4 is 23.9 Å². The van der Waals surface area contributed by atoms with Gasteiger partial charge < -0.3 is 30.1 Å². The van der Waals surface area contributed by atoms with Crippen molar-refractivity contribution in [3.8, 4) is 5.75 Å². The molecule has 1 rings (SSSR count). The molecule has 3 amide bonds. The monoisotopic (exact) mass is 563 g/mol. The summed E-state index contributed by atoms with van der Waals surface area (Å²) < 4.78 is 10.1. The number of phenolic OH excluding ortho intramolecular Hbond substituents is 1. The maximum atomic E-state index is 14.2. The summed E-state index contributed by atoms with van der Waals surface area (Å²) in [6, 6.07) is 2.75. The van der Waals surface area contributed by atoms with Crippen molar-refractivity contribution in [1.82, 2.24) is 15.5 Å². The number of unbranched alkanes of at least 4 members (excludes halogenated alkanes) is 4. The predicted octanol–water partition coefficient (Wildman–Crippen LogP) is 4.77. The molecule has 0 saturated heterocycles. The van der Waals surface area contributed by atoms with Gasteiger partial charge in [0.2, 0.25) is 11.8 Å². The highest BCUT2D eigenvalue weighted by molar-refractivity contribution is 5.93. The predicted molar refractivity (Wildman–Crippen MR) is 154 cm³/mol. The summed E-state index contributed by atoms with van der Waals surface area (Å²) >= 11 is 0. The fraction of sp³-hybridized carbons (Fsp3) is 0.667. The Morgan fingerprint density at radius 3 is 2.27 bits per heavy atom. The topological polar surface area (TPSA) is 134 Å². The van der Waals surface area contributed by atoms with E-state index >= 15 is 0 Å². The fourth-order valence-electron chi connectivity index (χ4n) is 4.28. The van der Waals surface area contributed by atoms with Crippen LogP contribution in [0.25, 0.3) is 0 Å². The number of carbonyl (C=O) groups excluding carboxylic acids is 4. The second-order valence-electron chi connectivity index (χ2n) is 11.5. The number of hydrogen-bond donors (Lipinski definition) is 3. The van der Waals surface area contributed by atoms with E-state index in [2.05, 4.69) is 22.3 Å². The van der Waals surface area contributed by atoms with E-state index in [-0.39, 0.29) is 23.8 Å². The van der Waals surface area contributed by atoms with Crippen molar-refractivity contribution < 1.29 is 33.8 Å². The van der Waals surface area contributed by atoms with Crippen LogP contribution in [0.15, 0.2) is 18.2 Å². The third kappa shape index (κ3) is 11.8. The Kier molecular flexibility index (Phi) is 14.5. The number of hydrogen-bond acceptors (Lipinski definition) is 7. The minimum absolute atomic E-state index is 0.0364. The lowest BCUT2D eigenvalue weighted by Crippen LogP contribution is -2.54. The highest BCUT2D eigenvalue weighted by Gasteiger charge is 2.37. The smallest absolute Gasteiger partial charge is 0.408 e. The number of aryl methyl sites for hydroxylation is 1. The maximum absolute atomic E-state index is 14.2. The van der Waals surface area contributed by atoms with Crippen molar-refractivity contribution in [3.05, 3.63) is 29.3 Å². The van der Waals surface area contributed by atoms with Crippen LogP contribution in [-0.2, 0) is 23.9 Å². The van der Waals surface area contributed by atoms with E-state index in [0.29, 0.717) is 18.4 Å². The molecule has 0 aromatic heterocycles. The molecule has 0 aliphatic carbocycles. The summed E-state index contributed by atoms with van der Waals surface area (Å²) in [5.74, 6) is -1.86. The number of ether oxygens (including phenoxy) is 2. The van der Waals surface area contributed by atoms with Crippen LogP contribution in [0.5, 0.6) is 5.75 Å². The Bertz CT molecular complexity index is 988. The van der Waals surface area contributed by atoms with E-state index in [1.807, 2.05) is 13.8 Å². The molecule has 1 aromatic carbocycles. The molecular weight excluding hydrogens is 514 g/mol. The number of nitrogens with one attached hydrogen (secondary N) is 2. The summed E-state index contributed by atoms with van der Waals surface area (Å²) in [6.07, 6.45) is 4.09. The minimum atomic E-state index is -1.25. The molecule has 0 bridgehead atoms. The van der Waals surface area contributed by atoms with Gasteiger partial charge in [-0.1, -0.05) is 64.7 Å². The van der Waals surface area contributed by atoms with Crippen LogP contribution >= 0.6 is 0 Å². The van der Waals surface area contributed by atoms with Crippen LogP contribution in [0.3, 0.4) is 0 Å². The summed E-state index contributed by atoms with van der Waals surface area (Å²) in [7, 11) is 1.21. The van der Waals surface area contributed by atoms with E-state index in [1.54, 1.807) is 45.9 Å². The SMILES string of the molecule is CCCCCCCN(C(=O)C(CC(C)C)NC(=O)OC(C)(C)C)C(C(=O)NCC(=O)OC)c1cccc(C)c1O. The quantitative estimate of drug-likeness (QED) is 0.207. The van der Waals surface area contributed by atoms with Crippen LogP contribution in [0.2, 0.25) is 0 Å². The van der Waals surface area contributed by atoms with Gasteiger partial charge in [-0.2, -0.15) is 0 Å². The molecule has 3 N–H and O–H groups in total. The van der Waals surface area contributed by atoms with Gasteiger partial charge in [0.25, 0.3) is 0 Å². The lowest BCUT2D eigenvalue weighted by Gasteiger charge is -2.35. The highest BCUT2D eigenvalue weighted by atomic mass is 16.6. The number of aromatic hydroxyl groups is 1. The highest BCUT2D eigenvalue weighted by Crippen LogP contribution is 2.33. The van der Waals surface area contributed by atoms with E-state index in [4.69, 9.17) is 4.74 Å². The molecule has 10 heteroatoms. The maximum Gasteiger partial charge on any atom is 0.408 e. The molecule has 40 heavy (non-hydrogen) atoms. The standard InChI is InChI=1S/C30H49N3O7/c1-9-10-11-12-13-17-33(28(37)23(18-20(2)3)32-29(38)40-30(5,6)7)25(27(36)31-19-24(34)39-8)22-16-14-15-21(4)26(22)35/h14-16,20,23,25,35H,9-13,17-19H2,1-8H3,(H,31,36)(H,32,38). The molecule has 0 aliphatic heterocycles. The van der Waals surface area contributed by atoms with Crippen molar-refractivity contribution in [1.29, 1.82) is 0 Å². The van der Waals surface area contributed by atoms with Crippen LogP contribution in [0.1, 0.15) is 97.2 Å². The zero-order valence-corrected chi connectivity index (χ0v) is 25.5. The van der Waals surface area contributed by atoms with Crippen LogP contribution < -0.4 is 10.6 Å². The van der Waals surface area contributed by atoms with Gasteiger partial charge in [-0.25, -0.2) is 4.79 Å². The van der Waals surface area contributed by atoms with E-state index in [1.165, 1.54) is 12.0 Å². The number of phenols is 1. The molecule has 226 valence electrons. The first-order valence-electron chi connectivity index (χ1n) is 14.1. The van der Waals surface area contributed by atoms with E-state index in [0.717, 1.165) is 25.7 Å². The van der Waals surface area contributed by atoms with Crippen molar-refractivity contribution in [2.24, 2.45) is 5.92 Å². The first-order chi connectivity index (χ1) is 18.7. The molecule has 0 aliphatic rings. The summed E-state index contributed by atoms with van der Waals surface area (Å²) in [5, 5.41) is 16.2. The molecule has 0 fully saturated rings. The number of methoxy groups -OCH3 is 1. The average Bonchev–Trinajstić information content (AvgIpc) is 2.86. The third-order valence-electron chi connectivity index (χ3n) is 6.24. The number of rotatable bonds is 15. The van der Waals surface area contributed by atoms with Gasteiger partial charge in [0.15, 0.2) is 0 Å². The summed E-state index contributed by atoms with van der Waals surface area (Å²) in [5.41, 5.74) is -0.00734. The molecule has 0 saturated carbocycles. The molecule has 0 heterocycles. The van der Waals surface area contributed by atoms with Crippen LogP contribution in [-0.4, -0.2) is 65.7 Å². The molecule has 1 aromatic rings. The summed E-state index contributed by atoms with van der Waals surface area (Å²) in [6.45, 7) is 12.7. The largest absolute Gasteiger partial charge is 0.507 e. The Labute approximate surface area is 239 Å². The zero-order valence-electron chi connectivity index (χ0n) is 25.5. The molecular formula is C30H49N3O7. The minimum Gasteiger partial charge on any atom is -0.507 e. The first kappa shape index (κ1) is 34.7. The zero-order chi connectivity index (χ0) is 30.5. The van der Waals surface area contributed by atoms with Gasteiger partial charge >= 0.3 is 12.1 Å². The second-order valence-corrected chi connectivity index (χ2v) is 11.5. The molecule has 0 radical (unpaired) electrons. The second kappa shape index (κ2) is 16.7. The average molecular weight is 564 g/mol. The van der Waals surface area contributed by atoms with Gasteiger partial charge in [0.05, 0.1) is 7.11 Å². The molecule has 2 atom stereocenters. The molecule has 0 spiro atoms. The number of nitrogens with zero attached hydrogens (tertiary/aromatic N) is 1. The van der Waals surface area contributed by atoms with E-state index < -0.39 is 48.1 Å². The van der Waals surface area contributed by atoms with Gasteiger partial charge in [-0.05, 0) is 52.0 Å². The Hall–Kier alpha value is -3.30. The van der Waals surface area contributed by atoms with Crippen molar-refractivity contribution in [2.45, 2.75) is 105 Å².